The van der Waals surface area contributed by atoms with Gasteiger partial charge >= 0.3 is 0 Å². The predicted octanol–water partition coefficient (Wildman–Crippen LogP) is 4.97. The summed E-state index contributed by atoms with van der Waals surface area (Å²) in [5.74, 6) is -0.186. The van der Waals surface area contributed by atoms with Crippen molar-refractivity contribution in [3.63, 3.8) is 0 Å². The number of halogens is 2. The second kappa shape index (κ2) is 8.56. The molecule has 1 aliphatic heterocycles. The molecule has 6 heteroatoms. The van der Waals surface area contributed by atoms with Gasteiger partial charge < -0.3 is 15.4 Å². The monoisotopic (exact) mass is 426 g/mol. The number of benzene rings is 3. The number of nitrogens with two attached hydrogens (primary N) is 1. The third-order valence-corrected chi connectivity index (χ3v) is 5.57. The van der Waals surface area contributed by atoms with Gasteiger partial charge in [-0.3, -0.25) is 4.79 Å². The number of nitrogens with zero attached hydrogens (tertiary/aromatic N) is 1. The van der Waals surface area contributed by atoms with Gasteiger partial charge in [0.25, 0.3) is 5.91 Å². The van der Waals surface area contributed by atoms with Crippen molar-refractivity contribution in [3.8, 4) is 0 Å². The highest BCUT2D eigenvalue weighted by Crippen LogP contribution is 2.41. The summed E-state index contributed by atoms with van der Waals surface area (Å²) < 4.78 is 6.23. The number of fused-ring (bicyclic) bond motifs is 1. The van der Waals surface area contributed by atoms with Crippen molar-refractivity contribution in [2.24, 2.45) is 5.73 Å². The standard InChI is InChI=1S/C23H20Cl2N2O2/c24-16-10-11-20-18(12-16)22(17-8-4-5-9-19(17)25)29-21(13-26)23(28)27(20)14-15-6-2-1-3-7-15/h1-12,21-22H,13-14,26H2/t21-,22-/m0/s1. The fraction of sp³-hybridized carbons (Fsp3) is 0.174. The molecule has 0 saturated carbocycles. The van der Waals surface area contributed by atoms with E-state index in [-0.39, 0.29) is 12.5 Å². The molecule has 4 rings (SSSR count). The first kappa shape index (κ1) is 19.9. The maximum atomic E-state index is 13.3. The van der Waals surface area contributed by atoms with Crippen LogP contribution < -0.4 is 10.6 Å². The summed E-state index contributed by atoms with van der Waals surface area (Å²) in [4.78, 5) is 15.1. The van der Waals surface area contributed by atoms with Crippen molar-refractivity contribution >= 4 is 34.8 Å². The number of anilines is 1. The number of carbonyl (C=O) groups is 1. The number of amides is 1. The second-order valence-electron chi connectivity index (χ2n) is 6.88. The number of rotatable bonds is 4. The minimum absolute atomic E-state index is 0.0623. The minimum Gasteiger partial charge on any atom is -0.354 e. The average molecular weight is 427 g/mol. The normalized spacial score (nSPS) is 19.0. The van der Waals surface area contributed by atoms with Crippen LogP contribution >= 0.6 is 23.2 Å². The Hall–Kier alpha value is -2.37. The van der Waals surface area contributed by atoms with Crippen molar-refractivity contribution in [1.29, 1.82) is 0 Å². The molecule has 0 radical (unpaired) electrons. The summed E-state index contributed by atoms with van der Waals surface area (Å²) in [6, 6.07) is 22.7. The highest BCUT2D eigenvalue weighted by molar-refractivity contribution is 6.31. The Morgan fingerprint density at radius 3 is 2.38 bits per heavy atom. The SMILES string of the molecule is NC[C@@H]1O[C@@H](c2ccccc2Cl)c2cc(Cl)ccc2N(Cc2ccccc2)C1=O. The van der Waals surface area contributed by atoms with E-state index in [9.17, 15) is 4.79 Å². The zero-order chi connectivity index (χ0) is 20.4. The second-order valence-corrected chi connectivity index (χ2v) is 7.72. The maximum absolute atomic E-state index is 13.3. The van der Waals surface area contributed by atoms with Gasteiger partial charge in [0.1, 0.15) is 12.2 Å². The Morgan fingerprint density at radius 2 is 1.66 bits per heavy atom. The Balaban J connectivity index is 1.87. The molecule has 29 heavy (non-hydrogen) atoms. The van der Waals surface area contributed by atoms with E-state index in [0.29, 0.717) is 16.6 Å². The Labute approximate surface area is 179 Å². The number of hydrogen-bond acceptors (Lipinski definition) is 3. The van der Waals surface area contributed by atoms with Crippen molar-refractivity contribution < 1.29 is 9.53 Å². The first-order chi connectivity index (χ1) is 14.1. The summed E-state index contributed by atoms with van der Waals surface area (Å²) in [7, 11) is 0. The van der Waals surface area contributed by atoms with Gasteiger partial charge in [-0.05, 0) is 29.8 Å². The van der Waals surface area contributed by atoms with Gasteiger partial charge in [0.05, 0.1) is 12.2 Å². The molecule has 1 aliphatic rings. The third kappa shape index (κ3) is 4.02. The van der Waals surface area contributed by atoms with Crippen LogP contribution in [-0.4, -0.2) is 18.6 Å². The number of ether oxygens (including phenoxy) is 1. The van der Waals surface area contributed by atoms with Crippen LogP contribution in [0.1, 0.15) is 22.8 Å². The molecular weight excluding hydrogens is 407 g/mol. The summed E-state index contributed by atoms with van der Waals surface area (Å²) in [5.41, 5.74) is 9.23. The lowest BCUT2D eigenvalue weighted by molar-refractivity contribution is -0.131. The molecular formula is C23H20Cl2N2O2. The van der Waals surface area contributed by atoms with E-state index in [1.807, 2.05) is 60.7 Å². The average Bonchev–Trinajstić information content (AvgIpc) is 2.84. The fourth-order valence-electron chi connectivity index (χ4n) is 3.58. The van der Waals surface area contributed by atoms with Gasteiger partial charge in [-0.15, -0.1) is 0 Å². The van der Waals surface area contributed by atoms with E-state index >= 15 is 0 Å². The molecule has 0 spiro atoms. The zero-order valence-electron chi connectivity index (χ0n) is 15.6. The van der Waals surface area contributed by atoms with Crippen molar-refractivity contribution in [1.82, 2.24) is 0 Å². The van der Waals surface area contributed by atoms with E-state index in [4.69, 9.17) is 33.7 Å². The first-order valence-electron chi connectivity index (χ1n) is 9.33. The quantitative estimate of drug-likeness (QED) is 0.640. The van der Waals surface area contributed by atoms with Gasteiger partial charge in [-0.1, -0.05) is 71.7 Å². The highest BCUT2D eigenvalue weighted by atomic mass is 35.5. The topological polar surface area (TPSA) is 55.6 Å². The molecule has 0 bridgehead atoms. The van der Waals surface area contributed by atoms with Crippen LogP contribution in [0.2, 0.25) is 10.0 Å². The molecule has 148 valence electrons. The molecule has 2 atom stereocenters. The third-order valence-electron chi connectivity index (χ3n) is 4.99. The van der Waals surface area contributed by atoms with Gasteiger partial charge in [0.15, 0.2) is 0 Å². The van der Waals surface area contributed by atoms with Gasteiger partial charge in [0, 0.05) is 27.7 Å². The smallest absolute Gasteiger partial charge is 0.257 e. The van der Waals surface area contributed by atoms with Crippen LogP contribution in [0.25, 0.3) is 0 Å². The maximum Gasteiger partial charge on any atom is 0.257 e. The molecule has 1 heterocycles. The fourth-order valence-corrected chi connectivity index (χ4v) is 4.00. The van der Waals surface area contributed by atoms with Crippen molar-refractivity contribution in [3.05, 3.63) is 99.5 Å². The van der Waals surface area contributed by atoms with Crippen LogP contribution in [0.5, 0.6) is 0 Å². The molecule has 1 amide bonds. The van der Waals surface area contributed by atoms with Crippen LogP contribution in [0.4, 0.5) is 5.69 Å². The Kier molecular flexibility index (Phi) is 5.88. The largest absolute Gasteiger partial charge is 0.354 e. The van der Waals surface area contributed by atoms with Crippen molar-refractivity contribution in [2.45, 2.75) is 18.8 Å². The predicted molar refractivity (Wildman–Crippen MR) is 116 cm³/mol. The lowest BCUT2D eigenvalue weighted by Crippen LogP contribution is -2.42. The lowest BCUT2D eigenvalue weighted by Gasteiger charge is -2.25. The molecule has 0 aliphatic carbocycles. The van der Waals surface area contributed by atoms with E-state index in [1.165, 1.54) is 0 Å². The molecule has 4 nitrogen and oxygen atoms in total. The van der Waals surface area contributed by atoms with Crippen LogP contribution in [0.15, 0.2) is 72.8 Å². The van der Waals surface area contributed by atoms with E-state index in [2.05, 4.69) is 0 Å². The van der Waals surface area contributed by atoms with Gasteiger partial charge in [0.2, 0.25) is 0 Å². The summed E-state index contributed by atoms with van der Waals surface area (Å²) in [6.07, 6.45) is -1.36. The molecule has 2 N–H and O–H groups in total. The van der Waals surface area contributed by atoms with Crippen LogP contribution in [-0.2, 0) is 16.1 Å². The number of hydrogen-bond donors (Lipinski definition) is 1. The van der Waals surface area contributed by atoms with E-state index in [0.717, 1.165) is 22.4 Å². The number of carbonyl (C=O) groups excluding carboxylic acids is 1. The molecule has 0 unspecified atom stereocenters. The molecule has 3 aromatic carbocycles. The summed E-state index contributed by atoms with van der Waals surface area (Å²) >= 11 is 12.8. The molecule has 0 fully saturated rings. The van der Waals surface area contributed by atoms with Crippen molar-refractivity contribution in [2.75, 3.05) is 11.4 Å². The van der Waals surface area contributed by atoms with Crippen LogP contribution in [0, 0.1) is 0 Å². The zero-order valence-corrected chi connectivity index (χ0v) is 17.1. The Bertz CT molecular complexity index is 1030. The lowest BCUT2D eigenvalue weighted by atomic mass is 9.99. The Morgan fingerprint density at radius 1 is 0.931 bits per heavy atom. The summed E-state index contributed by atoms with van der Waals surface area (Å²) in [6.45, 7) is 0.468. The summed E-state index contributed by atoms with van der Waals surface area (Å²) in [5, 5.41) is 1.12. The van der Waals surface area contributed by atoms with Gasteiger partial charge in [-0.2, -0.15) is 0 Å². The van der Waals surface area contributed by atoms with E-state index in [1.54, 1.807) is 17.0 Å². The highest BCUT2D eigenvalue weighted by Gasteiger charge is 2.36. The van der Waals surface area contributed by atoms with Crippen LogP contribution in [0.3, 0.4) is 0 Å². The van der Waals surface area contributed by atoms with Gasteiger partial charge in [-0.25, -0.2) is 0 Å². The van der Waals surface area contributed by atoms with E-state index < -0.39 is 12.2 Å². The molecule has 0 aromatic heterocycles. The molecule has 3 aromatic rings. The first-order valence-corrected chi connectivity index (χ1v) is 10.1. The molecule has 0 saturated heterocycles. The minimum atomic E-state index is -0.800.